The van der Waals surface area contributed by atoms with Crippen LogP contribution < -0.4 is 44.1 Å². The van der Waals surface area contributed by atoms with Crippen LogP contribution in [0.4, 0.5) is 0 Å². The van der Waals surface area contributed by atoms with E-state index in [4.69, 9.17) is 44.3 Å². The normalized spacial score (nSPS) is 14.3. The molecular weight excluding hydrogens is 522 g/mol. The van der Waals surface area contributed by atoms with Gasteiger partial charge in [0.25, 0.3) is 0 Å². The molecule has 0 radical (unpaired) electrons. The minimum Gasteiger partial charge on any atom is -0.549 e. The molecule has 5 nitrogen and oxygen atoms in total. The second-order valence-electron chi connectivity index (χ2n) is 7.95. The minimum atomic E-state index is -1.16. The van der Waals surface area contributed by atoms with Crippen molar-refractivity contribution in [2.24, 2.45) is 0 Å². The van der Waals surface area contributed by atoms with Gasteiger partial charge >= 0.3 is 29.6 Å². The first-order valence-electron chi connectivity index (χ1n) is 10.7. The number of ketones is 1. The Morgan fingerprint density at radius 1 is 1.03 bits per heavy atom. The summed E-state index contributed by atoms with van der Waals surface area (Å²) >= 11 is 18.6. The van der Waals surface area contributed by atoms with E-state index in [1.54, 1.807) is 36.4 Å². The average molecular weight is 542 g/mol. The third-order valence-electron chi connectivity index (χ3n) is 5.67. The maximum atomic E-state index is 12.6. The second-order valence-corrected chi connectivity index (χ2v) is 9.14. The predicted molar refractivity (Wildman–Crippen MR) is 130 cm³/mol. The molecule has 3 aromatic rings. The van der Waals surface area contributed by atoms with Gasteiger partial charge in [0.15, 0.2) is 5.78 Å². The predicted octanol–water partition coefficient (Wildman–Crippen LogP) is 3.26. The second kappa shape index (κ2) is 12.5. The third kappa shape index (κ3) is 6.73. The van der Waals surface area contributed by atoms with E-state index in [0.717, 1.165) is 5.56 Å². The fourth-order valence-electron chi connectivity index (χ4n) is 3.87. The Morgan fingerprint density at radius 2 is 1.77 bits per heavy atom. The number of carbonyl (C=O) groups is 2. The fourth-order valence-corrected chi connectivity index (χ4v) is 4.50. The number of rotatable bonds is 8. The summed E-state index contributed by atoms with van der Waals surface area (Å²) in [4.78, 5) is 23.9. The number of carbonyl (C=O) groups excluding carboxylic acids is 2. The molecule has 0 bridgehead atoms. The van der Waals surface area contributed by atoms with Gasteiger partial charge < -0.3 is 19.4 Å². The zero-order valence-electron chi connectivity index (χ0n) is 19.0. The standard InChI is InChI=1S/C26H21Cl3O5.Na/c27-20-5-1-3-16(25(20)29)4-2-6-22(30)15-7-9-17(10-8-15)34-24-14-23-19(13-21(24)28)18(26(31)32)11-12-33-23;/h1,3,5,7-10,13-14,18H,2,4,6,11-12H2,(H,31,32);/q;+1/p-1. The number of hydrogen-bond acceptors (Lipinski definition) is 5. The molecule has 176 valence electrons. The molecule has 35 heavy (non-hydrogen) atoms. The van der Waals surface area contributed by atoms with Crippen LogP contribution in [0.2, 0.25) is 15.1 Å². The monoisotopic (exact) mass is 540 g/mol. The van der Waals surface area contributed by atoms with Gasteiger partial charge in [0.1, 0.15) is 17.2 Å². The Kier molecular flexibility index (Phi) is 9.94. The van der Waals surface area contributed by atoms with Gasteiger partial charge in [0, 0.05) is 35.5 Å². The largest absolute Gasteiger partial charge is 1.00 e. The molecule has 1 heterocycles. The number of aliphatic carboxylic acids is 1. The smallest absolute Gasteiger partial charge is 0.549 e. The maximum Gasteiger partial charge on any atom is 1.00 e. The molecule has 0 saturated heterocycles. The number of hydrogen-bond donors (Lipinski definition) is 0. The molecule has 0 saturated carbocycles. The van der Waals surface area contributed by atoms with Gasteiger partial charge in [0.05, 0.1) is 21.7 Å². The number of benzene rings is 3. The summed E-state index contributed by atoms with van der Waals surface area (Å²) < 4.78 is 11.4. The van der Waals surface area contributed by atoms with Crippen LogP contribution in [0.1, 0.15) is 46.7 Å². The zero-order valence-corrected chi connectivity index (χ0v) is 23.3. The molecule has 0 N–H and O–H groups in total. The van der Waals surface area contributed by atoms with Crippen molar-refractivity contribution in [3.05, 3.63) is 86.4 Å². The van der Waals surface area contributed by atoms with E-state index in [-0.39, 0.29) is 47.0 Å². The van der Waals surface area contributed by atoms with Crippen LogP contribution in [0.5, 0.6) is 17.2 Å². The quantitative estimate of drug-likeness (QED) is 0.323. The molecule has 1 atom stereocenters. The van der Waals surface area contributed by atoms with Crippen molar-refractivity contribution in [1.29, 1.82) is 0 Å². The van der Waals surface area contributed by atoms with E-state index < -0.39 is 11.9 Å². The average Bonchev–Trinajstić information content (AvgIpc) is 2.82. The number of ether oxygens (including phenoxy) is 2. The van der Waals surface area contributed by atoms with Gasteiger partial charge in [-0.3, -0.25) is 4.79 Å². The van der Waals surface area contributed by atoms with Gasteiger partial charge in [-0.1, -0.05) is 46.9 Å². The van der Waals surface area contributed by atoms with Crippen LogP contribution in [0.25, 0.3) is 0 Å². The van der Waals surface area contributed by atoms with E-state index in [9.17, 15) is 14.7 Å². The van der Waals surface area contributed by atoms with E-state index in [0.29, 0.717) is 64.1 Å². The van der Waals surface area contributed by atoms with Crippen LogP contribution in [0.3, 0.4) is 0 Å². The van der Waals surface area contributed by atoms with Crippen molar-refractivity contribution in [2.45, 2.75) is 31.6 Å². The summed E-state index contributed by atoms with van der Waals surface area (Å²) in [5.41, 5.74) is 1.97. The Morgan fingerprint density at radius 3 is 2.49 bits per heavy atom. The van der Waals surface area contributed by atoms with Crippen molar-refractivity contribution in [2.75, 3.05) is 6.61 Å². The number of carboxylic acid groups (broad SMARTS) is 1. The summed E-state index contributed by atoms with van der Waals surface area (Å²) in [6, 6.07) is 15.3. The molecule has 4 rings (SSSR count). The number of aryl methyl sites for hydroxylation is 1. The van der Waals surface area contributed by atoms with Crippen LogP contribution in [-0.4, -0.2) is 18.4 Å². The molecule has 0 aromatic heterocycles. The summed E-state index contributed by atoms with van der Waals surface area (Å²) in [5, 5.41) is 12.7. The first-order valence-corrected chi connectivity index (χ1v) is 11.9. The number of halogens is 3. The Balaban J connectivity index is 0.00000342. The molecule has 1 unspecified atom stereocenters. The van der Waals surface area contributed by atoms with Gasteiger partial charge in [-0.25, -0.2) is 0 Å². The van der Waals surface area contributed by atoms with Crippen molar-refractivity contribution in [3.8, 4) is 17.2 Å². The molecule has 0 fully saturated rings. The number of carboxylic acids is 1. The molecule has 0 amide bonds. The van der Waals surface area contributed by atoms with Crippen LogP contribution in [0, 0.1) is 0 Å². The molecule has 9 heteroatoms. The van der Waals surface area contributed by atoms with Gasteiger partial charge in [0.2, 0.25) is 0 Å². The van der Waals surface area contributed by atoms with Gasteiger partial charge in [-0.05, 0) is 61.2 Å². The summed E-state index contributed by atoms with van der Waals surface area (Å²) in [5.74, 6) is -0.696. The van der Waals surface area contributed by atoms with E-state index in [2.05, 4.69) is 0 Å². The molecular formula is C26H20Cl3NaO5. The first-order chi connectivity index (χ1) is 16.3. The van der Waals surface area contributed by atoms with E-state index in [1.165, 1.54) is 6.07 Å². The van der Waals surface area contributed by atoms with Crippen LogP contribution >= 0.6 is 34.8 Å². The number of fused-ring (bicyclic) bond motifs is 1. The van der Waals surface area contributed by atoms with Crippen molar-refractivity contribution in [1.82, 2.24) is 0 Å². The molecule has 1 aliphatic heterocycles. The summed E-state index contributed by atoms with van der Waals surface area (Å²) in [7, 11) is 0. The SMILES string of the molecule is O=C(CCCc1cccc(Cl)c1Cl)c1ccc(Oc2cc3c(cc2Cl)C(C(=O)[O-])CCO3)cc1.[Na+]. The zero-order chi connectivity index (χ0) is 24.2. The first kappa shape index (κ1) is 27.9. The molecule has 1 aliphatic rings. The summed E-state index contributed by atoms with van der Waals surface area (Å²) in [6.45, 7) is 0.271. The van der Waals surface area contributed by atoms with Crippen LogP contribution in [0.15, 0.2) is 54.6 Å². The van der Waals surface area contributed by atoms with Gasteiger partial charge in [-0.2, -0.15) is 0 Å². The van der Waals surface area contributed by atoms with Gasteiger partial charge in [-0.15, -0.1) is 0 Å². The third-order valence-corrected chi connectivity index (χ3v) is 6.83. The fraction of sp³-hybridized carbons (Fsp3) is 0.231. The Bertz CT molecular complexity index is 1230. The molecule has 0 spiro atoms. The van der Waals surface area contributed by atoms with Crippen molar-refractivity contribution < 1.29 is 53.7 Å². The van der Waals surface area contributed by atoms with Crippen molar-refractivity contribution in [3.63, 3.8) is 0 Å². The van der Waals surface area contributed by atoms with Crippen molar-refractivity contribution >= 4 is 46.6 Å². The van der Waals surface area contributed by atoms with E-state index >= 15 is 0 Å². The maximum absolute atomic E-state index is 12.6. The number of Topliss-reactive ketones (excluding diaryl/α,β-unsaturated/α-hetero) is 1. The topological polar surface area (TPSA) is 75.7 Å². The van der Waals surface area contributed by atoms with Crippen LogP contribution in [-0.2, 0) is 11.2 Å². The Hall–Kier alpha value is -1.73. The summed E-state index contributed by atoms with van der Waals surface area (Å²) in [6.07, 6.45) is 2.00. The Labute approximate surface area is 240 Å². The minimum absolute atomic E-state index is 0. The van der Waals surface area contributed by atoms with E-state index in [1.807, 2.05) is 12.1 Å². The molecule has 3 aromatic carbocycles. The molecule has 0 aliphatic carbocycles.